The van der Waals surface area contributed by atoms with Gasteiger partial charge in [-0.1, -0.05) is 20.8 Å². The molecule has 1 aliphatic rings. The predicted molar refractivity (Wildman–Crippen MR) is 68.1 cm³/mol. The highest BCUT2D eigenvalue weighted by Gasteiger charge is 2.40. The van der Waals surface area contributed by atoms with Crippen molar-refractivity contribution in [3.63, 3.8) is 0 Å². The number of amides is 1. The van der Waals surface area contributed by atoms with Crippen molar-refractivity contribution in [1.29, 1.82) is 0 Å². The molecule has 4 heteroatoms. The van der Waals surface area contributed by atoms with E-state index in [0.717, 1.165) is 25.7 Å². The van der Waals surface area contributed by atoms with Crippen molar-refractivity contribution in [3.8, 4) is 0 Å². The van der Waals surface area contributed by atoms with Gasteiger partial charge in [-0.2, -0.15) is 0 Å². The van der Waals surface area contributed by atoms with Crippen LogP contribution in [0.15, 0.2) is 0 Å². The van der Waals surface area contributed by atoms with E-state index in [1.165, 1.54) is 0 Å². The lowest BCUT2D eigenvalue weighted by Gasteiger charge is -2.36. The molecule has 1 saturated carbocycles. The van der Waals surface area contributed by atoms with Gasteiger partial charge in [-0.05, 0) is 37.5 Å². The third-order valence-electron chi connectivity index (χ3n) is 3.69. The number of nitrogens with one attached hydrogen (secondary N) is 1. The first-order chi connectivity index (χ1) is 8.00. The van der Waals surface area contributed by atoms with Crippen LogP contribution in [0.4, 0.5) is 0 Å². The molecular formula is C13H26N2O2. The summed E-state index contributed by atoms with van der Waals surface area (Å²) < 4.78 is 0. The quantitative estimate of drug-likeness (QED) is 0.723. The topological polar surface area (TPSA) is 64.3 Å². The van der Waals surface area contributed by atoms with Gasteiger partial charge in [0.25, 0.3) is 5.91 Å². The first-order valence-electron chi connectivity index (χ1n) is 6.62. The summed E-state index contributed by atoms with van der Waals surface area (Å²) in [6.45, 7) is 7.29. The molecule has 0 unspecified atom stereocenters. The van der Waals surface area contributed by atoms with Gasteiger partial charge in [0.2, 0.25) is 0 Å². The molecule has 0 aromatic rings. The lowest BCUT2D eigenvalue weighted by molar-refractivity contribution is -0.147. The fourth-order valence-corrected chi connectivity index (χ4v) is 2.22. The van der Waals surface area contributed by atoms with E-state index >= 15 is 0 Å². The number of rotatable bonds is 5. The van der Waals surface area contributed by atoms with E-state index < -0.39 is 5.41 Å². The normalized spacial score (nSPS) is 29.4. The highest BCUT2D eigenvalue weighted by atomic mass is 16.7. The summed E-state index contributed by atoms with van der Waals surface area (Å²) in [6.07, 6.45) is 3.91. The number of nitrogens with two attached hydrogens (primary N) is 1. The van der Waals surface area contributed by atoms with Crippen molar-refractivity contribution < 1.29 is 9.63 Å². The van der Waals surface area contributed by atoms with Crippen molar-refractivity contribution in [2.24, 2.45) is 23.0 Å². The van der Waals surface area contributed by atoms with Gasteiger partial charge in [-0.15, -0.1) is 0 Å². The zero-order valence-electron chi connectivity index (χ0n) is 11.3. The maximum atomic E-state index is 12.1. The Labute approximate surface area is 104 Å². The zero-order valence-corrected chi connectivity index (χ0v) is 11.3. The van der Waals surface area contributed by atoms with E-state index in [0.29, 0.717) is 25.0 Å². The van der Waals surface area contributed by atoms with E-state index in [2.05, 4.69) is 12.4 Å². The maximum absolute atomic E-state index is 12.1. The van der Waals surface area contributed by atoms with Crippen LogP contribution in [0.3, 0.4) is 0 Å². The van der Waals surface area contributed by atoms with Gasteiger partial charge in [-0.25, -0.2) is 5.48 Å². The number of hydrogen-bond acceptors (Lipinski definition) is 3. The lowest BCUT2D eigenvalue weighted by atomic mass is 9.70. The van der Waals surface area contributed by atoms with Crippen LogP contribution in [0, 0.1) is 17.3 Å². The van der Waals surface area contributed by atoms with E-state index in [9.17, 15) is 4.79 Å². The molecule has 1 rings (SSSR count). The molecule has 1 amide bonds. The molecule has 17 heavy (non-hydrogen) atoms. The number of hydroxylamine groups is 1. The first kappa shape index (κ1) is 14.5. The Morgan fingerprint density at radius 1 is 1.47 bits per heavy atom. The average Bonchev–Trinajstić information content (AvgIpc) is 2.30. The van der Waals surface area contributed by atoms with Gasteiger partial charge in [0.05, 0.1) is 12.0 Å². The maximum Gasteiger partial charge on any atom is 0.251 e. The molecule has 0 aromatic heterocycles. The van der Waals surface area contributed by atoms with Crippen LogP contribution in [0.1, 0.15) is 46.5 Å². The van der Waals surface area contributed by atoms with Gasteiger partial charge >= 0.3 is 0 Å². The number of carbonyl (C=O) groups is 1. The molecule has 0 heterocycles. The van der Waals surface area contributed by atoms with Crippen LogP contribution >= 0.6 is 0 Å². The molecule has 4 nitrogen and oxygen atoms in total. The van der Waals surface area contributed by atoms with Crippen molar-refractivity contribution in [2.45, 2.75) is 46.5 Å². The predicted octanol–water partition coefficient (Wildman–Crippen LogP) is 1.85. The van der Waals surface area contributed by atoms with E-state index in [-0.39, 0.29) is 5.91 Å². The third-order valence-corrected chi connectivity index (χ3v) is 3.69. The summed E-state index contributed by atoms with van der Waals surface area (Å²) in [4.78, 5) is 17.3. The Hall–Kier alpha value is -0.610. The van der Waals surface area contributed by atoms with Crippen molar-refractivity contribution in [3.05, 3.63) is 0 Å². The summed E-state index contributed by atoms with van der Waals surface area (Å²) in [7, 11) is 0. The van der Waals surface area contributed by atoms with E-state index in [4.69, 9.17) is 10.6 Å². The van der Waals surface area contributed by atoms with Crippen molar-refractivity contribution >= 4 is 5.91 Å². The van der Waals surface area contributed by atoms with Crippen LogP contribution in [-0.2, 0) is 9.63 Å². The number of carbonyl (C=O) groups excluding carboxylic acids is 1. The third kappa shape index (κ3) is 3.96. The Morgan fingerprint density at radius 3 is 2.53 bits per heavy atom. The zero-order chi connectivity index (χ0) is 12.9. The highest BCUT2D eigenvalue weighted by Crippen LogP contribution is 2.38. The van der Waals surface area contributed by atoms with Crippen molar-refractivity contribution in [1.82, 2.24) is 5.48 Å². The Bertz CT molecular complexity index is 246. The molecule has 100 valence electrons. The summed E-state index contributed by atoms with van der Waals surface area (Å²) in [6, 6.07) is 0. The van der Waals surface area contributed by atoms with Gasteiger partial charge in [0.1, 0.15) is 0 Å². The molecular weight excluding hydrogens is 216 g/mol. The van der Waals surface area contributed by atoms with E-state index in [1.807, 2.05) is 13.8 Å². The van der Waals surface area contributed by atoms with E-state index in [1.54, 1.807) is 0 Å². The second-order valence-electron chi connectivity index (χ2n) is 5.80. The molecule has 1 aliphatic carbocycles. The molecule has 0 spiro atoms. The molecule has 0 radical (unpaired) electrons. The fourth-order valence-electron chi connectivity index (χ4n) is 2.22. The summed E-state index contributed by atoms with van der Waals surface area (Å²) in [5, 5.41) is 0. The summed E-state index contributed by atoms with van der Waals surface area (Å²) in [5.74, 6) is 1.09. The molecule has 0 saturated heterocycles. The van der Waals surface area contributed by atoms with Crippen LogP contribution in [0.5, 0.6) is 0 Å². The molecule has 0 aliphatic heterocycles. The van der Waals surface area contributed by atoms with Crippen LogP contribution in [-0.4, -0.2) is 19.1 Å². The van der Waals surface area contributed by atoms with Gasteiger partial charge in [0, 0.05) is 6.54 Å². The molecule has 0 aromatic carbocycles. The summed E-state index contributed by atoms with van der Waals surface area (Å²) in [5.41, 5.74) is 7.97. The summed E-state index contributed by atoms with van der Waals surface area (Å²) >= 11 is 0. The Balaban J connectivity index is 2.46. The van der Waals surface area contributed by atoms with Crippen LogP contribution < -0.4 is 11.2 Å². The van der Waals surface area contributed by atoms with Gasteiger partial charge in [0.15, 0.2) is 0 Å². The Morgan fingerprint density at radius 2 is 2.06 bits per heavy atom. The SMILES string of the molecule is CC(C)CONC(=O)C1(CN)CCC(C)CC1. The Kier molecular flexibility index (Phi) is 5.40. The molecule has 0 atom stereocenters. The molecule has 1 fully saturated rings. The van der Waals surface area contributed by atoms with Gasteiger partial charge < -0.3 is 5.73 Å². The molecule has 0 bridgehead atoms. The monoisotopic (exact) mass is 242 g/mol. The van der Waals surface area contributed by atoms with Gasteiger partial charge in [-0.3, -0.25) is 9.63 Å². The fraction of sp³-hybridized carbons (Fsp3) is 0.923. The second kappa shape index (κ2) is 6.36. The van der Waals surface area contributed by atoms with Crippen LogP contribution in [0.2, 0.25) is 0 Å². The highest BCUT2D eigenvalue weighted by molar-refractivity contribution is 5.82. The molecule has 3 N–H and O–H groups in total. The first-order valence-corrected chi connectivity index (χ1v) is 6.62. The average molecular weight is 242 g/mol. The smallest absolute Gasteiger partial charge is 0.251 e. The van der Waals surface area contributed by atoms with Crippen molar-refractivity contribution in [2.75, 3.05) is 13.2 Å². The van der Waals surface area contributed by atoms with Crippen LogP contribution in [0.25, 0.3) is 0 Å². The number of hydrogen-bond donors (Lipinski definition) is 2. The lowest BCUT2D eigenvalue weighted by Crippen LogP contribution is -2.48. The standard InChI is InChI=1S/C13H26N2O2/c1-10(2)8-17-15-12(16)13(9-14)6-4-11(3)5-7-13/h10-11H,4-9,14H2,1-3H3,(H,15,16). The minimum atomic E-state index is -0.399. The second-order valence-corrected chi connectivity index (χ2v) is 5.80. The largest absolute Gasteiger partial charge is 0.329 e. The minimum Gasteiger partial charge on any atom is -0.329 e. The minimum absolute atomic E-state index is 0.0347.